The zero-order valence-electron chi connectivity index (χ0n) is 48.3. The number of alkyl halides is 1. The molecule has 20 nitrogen and oxygen atoms in total. The third-order valence-corrected chi connectivity index (χ3v) is 17.0. The Morgan fingerprint density at radius 1 is 0.923 bits per heavy atom. The molecule has 20 atom stereocenters. The number of nitrogens with zero attached hydrogens (tertiary/aromatic N) is 6. The van der Waals surface area contributed by atoms with Gasteiger partial charge in [0.15, 0.2) is 12.6 Å². The summed E-state index contributed by atoms with van der Waals surface area (Å²) in [6, 6.07) is 9.29. The Bertz CT molecular complexity index is 2330. The Labute approximate surface area is 460 Å². The van der Waals surface area contributed by atoms with E-state index in [1.54, 1.807) is 66.9 Å². The molecule has 0 spiro atoms. The van der Waals surface area contributed by atoms with E-state index in [4.69, 9.17) is 33.2 Å². The van der Waals surface area contributed by atoms with Gasteiger partial charge in [-0.2, -0.15) is 0 Å². The molecule has 0 saturated carbocycles. The summed E-state index contributed by atoms with van der Waals surface area (Å²) in [6.07, 6.45) is -6.46. The number of rotatable bonds is 17. The molecular formula is C57H91FN6O14. The molecule has 3 fully saturated rings. The average molecular weight is 1100 g/mol. The maximum absolute atomic E-state index is 15.0. The molecule has 3 aromatic rings. The minimum Gasteiger partial charge on any atom is -0.459 e. The van der Waals surface area contributed by atoms with E-state index in [1.165, 1.54) is 25.8 Å². The third kappa shape index (κ3) is 14.5. The van der Waals surface area contributed by atoms with Gasteiger partial charge in [0.05, 0.1) is 59.5 Å². The SMILES string of the molecule is CC[C@H]1OC(=O)[C@H](C)[C@@H](O[C@H]2C[C@@](C)(OC)[C@@H](O)[C@H](C)O2)[C@H](C)[C@@H](O[C@@H]2O[C@H](C)C[C@H](N(C)CCc3cn([C@H](CF)[C@H](OC)c4ccc(-c5ccc(CO)nc5)cc4)nn3)[C@H]2O)[C@](C)(O)C[C@@H](C)CN(C)[C@H](C)[C@@H](O)[C@]1(C)O. The molecule has 21 heteroatoms. The van der Waals surface area contributed by atoms with Crippen LogP contribution in [0, 0.1) is 17.8 Å². The molecule has 3 aliphatic rings. The van der Waals surface area contributed by atoms with Gasteiger partial charge in [-0.25, -0.2) is 9.07 Å². The third-order valence-electron chi connectivity index (χ3n) is 17.0. The fourth-order valence-corrected chi connectivity index (χ4v) is 12.1. The van der Waals surface area contributed by atoms with Crippen LogP contribution in [-0.2, 0) is 51.0 Å². The molecule has 1 aromatic carbocycles. The second kappa shape index (κ2) is 27.0. The Hall–Kier alpha value is -3.65. The van der Waals surface area contributed by atoms with Crippen molar-refractivity contribution in [3.63, 3.8) is 0 Å². The van der Waals surface area contributed by atoms with Gasteiger partial charge in [-0.05, 0) is 105 Å². The van der Waals surface area contributed by atoms with E-state index >= 15 is 0 Å². The molecular weight excluding hydrogens is 1010 g/mol. The second-order valence-corrected chi connectivity index (χ2v) is 23.3. The van der Waals surface area contributed by atoms with Crippen molar-refractivity contribution in [1.82, 2.24) is 29.8 Å². The number of pyridine rings is 1. The Morgan fingerprint density at radius 2 is 1.60 bits per heavy atom. The minimum atomic E-state index is -1.86. The second-order valence-electron chi connectivity index (χ2n) is 23.3. The highest BCUT2D eigenvalue weighted by Gasteiger charge is 2.53. The van der Waals surface area contributed by atoms with Gasteiger partial charge in [0.2, 0.25) is 0 Å². The van der Waals surface area contributed by atoms with Crippen molar-refractivity contribution in [3.05, 3.63) is 65.7 Å². The number of likely N-dealkylation sites (N-methyl/N-ethyl adjacent to an activating group) is 2. The quantitative estimate of drug-likeness (QED) is 0.101. The predicted molar refractivity (Wildman–Crippen MR) is 287 cm³/mol. The number of carbonyl (C=O) groups is 1. The summed E-state index contributed by atoms with van der Waals surface area (Å²) in [5.41, 5.74) is -0.936. The van der Waals surface area contributed by atoms with Gasteiger partial charge in [0.25, 0.3) is 0 Å². The van der Waals surface area contributed by atoms with Crippen molar-refractivity contribution < 1.29 is 73.0 Å². The number of aromatic nitrogens is 4. The molecule has 6 N–H and O–H groups in total. The normalized spacial score (nSPS) is 37.8. The topological polar surface area (TPSA) is 253 Å². The number of benzene rings is 1. The van der Waals surface area contributed by atoms with Crippen LogP contribution in [-0.4, -0.2) is 205 Å². The summed E-state index contributed by atoms with van der Waals surface area (Å²) < 4.78 is 60.7. The first-order chi connectivity index (χ1) is 36.7. The number of cyclic esters (lactones) is 1. The van der Waals surface area contributed by atoms with Crippen molar-refractivity contribution in [2.45, 2.75) is 210 Å². The molecule has 78 heavy (non-hydrogen) atoms. The number of ether oxygens (including phenoxy) is 7. The van der Waals surface area contributed by atoms with Gasteiger partial charge in [-0.3, -0.25) is 9.78 Å². The highest BCUT2D eigenvalue weighted by Crippen LogP contribution is 2.41. The number of aliphatic hydroxyl groups excluding tert-OH is 4. The average Bonchev–Trinajstić information content (AvgIpc) is 3.89. The fraction of sp³-hybridized carbons (Fsp3) is 0.754. The standard InChI is InChI=1S/C57H91FN6O14/c1-15-45-57(10,71)50(67)36(6)63(12)29-32(2)25-55(8,70)52(34(4)48(35(5)53(69)76-45)77-46-26-56(9,73-14)51(68)37(7)75-46)78-54-47(66)43(24-33(3)74-54)62(11)23-22-41-30-64(61-60-41)44(27-58)49(72-13)39-18-16-38(17-19-39)40-20-21-42(31-65)59-28-40/h16-21,28,30,32-37,43-52,54,65-68,70-71H,15,22-27,29,31H2,1-14H3/t32-,33-,34+,35-,36-,37+,43+,44-,45-,46+,47-,48+,49-,50-,51+,52-,54+,55-,56-,57-/m1/s1. The maximum Gasteiger partial charge on any atom is 0.311 e. The van der Waals surface area contributed by atoms with Crippen LogP contribution in [0.3, 0.4) is 0 Å². The van der Waals surface area contributed by atoms with E-state index in [2.05, 4.69) is 15.3 Å². The van der Waals surface area contributed by atoms with Gasteiger partial charge in [0, 0.05) is 76.1 Å². The Balaban J connectivity index is 1.24. The lowest BCUT2D eigenvalue weighted by Gasteiger charge is -2.49. The van der Waals surface area contributed by atoms with Crippen LogP contribution in [0.25, 0.3) is 11.1 Å². The van der Waals surface area contributed by atoms with Crippen LogP contribution in [0.2, 0.25) is 0 Å². The highest BCUT2D eigenvalue weighted by atomic mass is 19.1. The van der Waals surface area contributed by atoms with Crippen LogP contribution >= 0.6 is 0 Å². The number of esters is 1. The van der Waals surface area contributed by atoms with Crippen molar-refractivity contribution >= 4 is 5.97 Å². The zero-order chi connectivity index (χ0) is 57.6. The minimum absolute atomic E-state index is 0.0785. The Kier molecular flexibility index (Phi) is 22.0. The van der Waals surface area contributed by atoms with Crippen LogP contribution < -0.4 is 0 Å². The van der Waals surface area contributed by atoms with Gasteiger partial charge >= 0.3 is 5.97 Å². The number of halogens is 1. The lowest BCUT2D eigenvalue weighted by molar-refractivity contribution is -0.318. The van der Waals surface area contributed by atoms with Crippen LogP contribution in [0.1, 0.15) is 124 Å². The van der Waals surface area contributed by atoms with E-state index in [-0.39, 0.29) is 31.8 Å². The first kappa shape index (κ1) is 63.5. The van der Waals surface area contributed by atoms with Crippen molar-refractivity contribution in [2.24, 2.45) is 17.8 Å². The summed E-state index contributed by atoms with van der Waals surface area (Å²) >= 11 is 0. The lowest BCUT2D eigenvalue weighted by atomic mass is 9.77. The number of methoxy groups -OCH3 is 2. The monoisotopic (exact) mass is 1100 g/mol. The number of hydrogen-bond acceptors (Lipinski definition) is 19. The van der Waals surface area contributed by atoms with Crippen molar-refractivity contribution in [1.29, 1.82) is 0 Å². The summed E-state index contributed by atoms with van der Waals surface area (Å²) in [7, 11) is 6.72. The van der Waals surface area contributed by atoms with Crippen LogP contribution in [0.4, 0.5) is 4.39 Å². The molecule has 0 radical (unpaired) electrons. The predicted octanol–water partition coefficient (Wildman–Crippen LogP) is 4.56. The van der Waals surface area contributed by atoms with Gasteiger partial charge in [-0.15, -0.1) is 5.10 Å². The molecule has 3 aliphatic heterocycles. The van der Waals surface area contributed by atoms with Gasteiger partial charge in [-0.1, -0.05) is 56.3 Å². The summed E-state index contributed by atoms with van der Waals surface area (Å²) in [5.74, 6) is -2.90. The fourth-order valence-electron chi connectivity index (χ4n) is 12.1. The van der Waals surface area contributed by atoms with Crippen LogP contribution in [0.15, 0.2) is 48.8 Å². The van der Waals surface area contributed by atoms with Gasteiger partial charge < -0.3 is 73.6 Å². The molecule has 3 saturated heterocycles. The molecule has 0 bridgehead atoms. The van der Waals surface area contributed by atoms with E-state index < -0.39 is 127 Å². The van der Waals surface area contributed by atoms with E-state index in [9.17, 15) is 39.8 Å². The molecule has 5 heterocycles. The largest absolute Gasteiger partial charge is 0.459 e. The molecule has 0 aliphatic carbocycles. The maximum atomic E-state index is 15.0. The van der Waals surface area contributed by atoms with E-state index in [1.807, 2.05) is 68.1 Å². The Morgan fingerprint density at radius 3 is 2.21 bits per heavy atom. The van der Waals surface area contributed by atoms with Gasteiger partial charge in [0.1, 0.15) is 48.8 Å². The van der Waals surface area contributed by atoms with E-state index in [0.29, 0.717) is 37.3 Å². The molecule has 0 amide bonds. The highest BCUT2D eigenvalue weighted by molar-refractivity contribution is 5.73. The summed E-state index contributed by atoms with van der Waals surface area (Å²) in [6.45, 7) is 17.3. The number of carbonyl (C=O) groups excluding carboxylic acids is 1. The first-order valence-corrected chi connectivity index (χ1v) is 27.7. The molecule has 2 aromatic heterocycles. The summed E-state index contributed by atoms with van der Waals surface area (Å²) in [4.78, 5) is 22.7. The zero-order valence-corrected chi connectivity index (χ0v) is 48.3. The molecule has 440 valence electrons. The van der Waals surface area contributed by atoms with Crippen molar-refractivity contribution in [3.8, 4) is 11.1 Å². The first-order valence-electron chi connectivity index (χ1n) is 27.7. The van der Waals surface area contributed by atoms with Crippen LogP contribution in [0.5, 0.6) is 0 Å². The van der Waals surface area contributed by atoms with Crippen molar-refractivity contribution in [2.75, 3.05) is 48.1 Å². The summed E-state index contributed by atoms with van der Waals surface area (Å²) in [5, 5.41) is 78.1. The smallest absolute Gasteiger partial charge is 0.311 e. The molecule has 0 unspecified atom stereocenters. The van der Waals surface area contributed by atoms with E-state index in [0.717, 1.165) is 16.7 Å². The number of aliphatic hydroxyl groups is 6. The molecule has 6 rings (SSSR count). The lowest BCUT2D eigenvalue weighted by Crippen LogP contribution is -2.61. The number of hydrogen-bond donors (Lipinski definition) is 6.